The molecule has 1 rings (SSSR count). The third-order valence-corrected chi connectivity index (χ3v) is 3.78. The smallest absolute Gasteiger partial charge is 0.000835 e. The summed E-state index contributed by atoms with van der Waals surface area (Å²) in [5.41, 5.74) is 2.90. The molecule has 0 amide bonds. The lowest BCUT2D eigenvalue weighted by atomic mass is 9.97. The molecule has 2 N–H and O–H groups in total. The van der Waals surface area contributed by atoms with Crippen LogP contribution in [0.3, 0.4) is 0 Å². The number of benzene rings is 1. The standard InChI is InChI=1S/C17H30N2/c1-4-15(2)17-9-7-16(8-10-17)11-14-19-13-6-5-12-18-3/h7-10,15,18-19H,4-6,11-14H2,1-3H3. The van der Waals surface area contributed by atoms with Gasteiger partial charge < -0.3 is 10.6 Å². The Morgan fingerprint density at radius 3 is 2.32 bits per heavy atom. The predicted molar refractivity (Wildman–Crippen MR) is 84.9 cm³/mol. The first-order chi connectivity index (χ1) is 9.27. The zero-order chi connectivity index (χ0) is 13.9. The fourth-order valence-electron chi connectivity index (χ4n) is 2.16. The van der Waals surface area contributed by atoms with E-state index in [0.29, 0.717) is 5.92 Å². The lowest BCUT2D eigenvalue weighted by Gasteiger charge is -2.10. The first kappa shape index (κ1) is 16.2. The van der Waals surface area contributed by atoms with E-state index in [2.05, 4.69) is 48.7 Å². The van der Waals surface area contributed by atoms with Crippen molar-refractivity contribution in [1.82, 2.24) is 10.6 Å². The van der Waals surface area contributed by atoms with Crippen LogP contribution in [-0.4, -0.2) is 26.7 Å². The van der Waals surface area contributed by atoms with Crippen LogP contribution in [0.25, 0.3) is 0 Å². The first-order valence-electron chi connectivity index (χ1n) is 7.72. The SMILES string of the molecule is CCC(C)c1ccc(CCNCCCCNC)cc1. The molecule has 1 aromatic carbocycles. The Labute approximate surface area is 119 Å². The van der Waals surface area contributed by atoms with Gasteiger partial charge in [0.2, 0.25) is 0 Å². The van der Waals surface area contributed by atoms with Crippen LogP contribution in [0.5, 0.6) is 0 Å². The van der Waals surface area contributed by atoms with Crippen LogP contribution >= 0.6 is 0 Å². The topological polar surface area (TPSA) is 24.1 Å². The van der Waals surface area contributed by atoms with E-state index >= 15 is 0 Å². The highest BCUT2D eigenvalue weighted by Gasteiger charge is 2.02. The van der Waals surface area contributed by atoms with Crippen LogP contribution in [-0.2, 0) is 6.42 Å². The normalized spacial score (nSPS) is 12.6. The van der Waals surface area contributed by atoms with Crippen molar-refractivity contribution in [2.45, 2.75) is 45.4 Å². The summed E-state index contributed by atoms with van der Waals surface area (Å²) in [7, 11) is 2.01. The molecule has 0 aliphatic carbocycles. The van der Waals surface area contributed by atoms with Crippen molar-refractivity contribution in [1.29, 1.82) is 0 Å². The van der Waals surface area contributed by atoms with Crippen molar-refractivity contribution in [2.75, 3.05) is 26.7 Å². The third-order valence-electron chi connectivity index (χ3n) is 3.78. The Hall–Kier alpha value is -0.860. The van der Waals surface area contributed by atoms with Crippen molar-refractivity contribution in [3.63, 3.8) is 0 Å². The molecule has 2 heteroatoms. The van der Waals surface area contributed by atoms with Crippen LogP contribution in [0.1, 0.15) is 50.2 Å². The Bertz CT molecular complexity index is 319. The second-order valence-corrected chi connectivity index (χ2v) is 5.36. The zero-order valence-corrected chi connectivity index (χ0v) is 12.8. The third kappa shape index (κ3) is 6.74. The van der Waals surface area contributed by atoms with E-state index in [-0.39, 0.29) is 0 Å². The molecule has 0 bridgehead atoms. The molecule has 0 aliphatic rings. The molecular weight excluding hydrogens is 232 g/mol. The van der Waals surface area contributed by atoms with Crippen LogP contribution < -0.4 is 10.6 Å². The highest BCUT2D eigenvalue weighted by atomic mass is 14.8. The van der Waals surface area contributed by atoms with Crippen molar-refractivity contribution < 1.29 is 0 Å². The number of hydrogen-bond donors (Lipinski definition) is 2. The number of hydrogen-bond acceptors (Lipinski definition) is 2. The van der Waals surface area contributed by atoms with Gasteiger partial charge in [-0.05, 0) is 69.4 Å². The van der Waals surface area contributed by atoms with Crippen LogP contribution in [0.2, 0.25) is 0 Å². The summed E-state index contributed by atoms with van der Waals surface area (Å²) >= 11 is 0. The molecule has 108 valence electrons. The van der Waals surface area contributed by atoms with E-state index in [0.717, 1.165) is 26.1 Å². The minimum atomic E-state index is 0.680. The summed E-state index contributed by atoms with van der Waals surface area (Å²) in [6, 6.07) is 9.14. The van der Waals surface area contributed by atoms with E-state index in [4.69, 9.17) is 0 Å². The Morgan fingerprint density at radius 1 is 1.00 bits per heavy atom. The second-order valence-electron chi connectivity index (χ2n) is 5.36. The summed E-state index contributed by atoms with van der Waals surface area (Å²) in [5.74, 6) is 0.680. The van der Waals surface area contributed by atoms with Gasteiger partial charge in [0.15, 0.2) is 0 Å². The molecule has 1 unspecified atom stereocenters. The molecule has 0 radical (unpaired) electrons. The number of rotatable bonds is 10. The molecule has 2 nitrogen and oxygen atoms in total. The Morgan fingerprint density at radius 2 is 1.68 bits per heavy atom. The van der Waals surface area contributed by atoms with Crippen molar-refractivity contribution in [3.05, 3.63) is 35.4 Å². The van der Waals surface area contributed by atoms with Crippen LogP contribution in [0.4, 0.5) is 0 Å². The van der Waals surface area contributed by atoms with Gasteiger partial charge in [-0.25, -0.2) is 0 Å². The fourth-order valence-corrected chi connectivity index (χ4v) is 2.16. The summed E-state index contributed by atoms with van der Waals surface area (Å²) < 4.78 is 0. The van der Waals surface area contributed by atoms with Crippen molar-refractivity contribution in [3.8, 4) is 0 Å². The van der Waals surface area contributed by atoms with Crippen LogP contribution in [0, 0.1) is 0 Å². The largest absolute Gasteiger partial charge is 0.320 e. The van der Waals surface area contributed by atoms with Gasteiger partial charge in [0.1, 0.15) is 0 Å². The number of unbranched alkanes of at least 4 members (excludes halogenated alkanes) is 1. The fraction of sp³-hybridized carbons (Fsp3) is 0.647. The zero-order valence-electron chi connectivity index (χ0n) is 12.8. The second kappa shape index (κ2) is 9.99. The molecular formula is C17H30N2. The molecule has 0 aliphatic heterocycles. The van der Waals surface area contributed by atoms with Crippen LogP contribution in [0.15, 0.2) is 24.3 Å². The molecule has 0 saturated carbocycles. The van der Waals surface area contributed by atoms with Crippen molar-refractivity contribution >= 4 is 0 Å². The monoisotopic (exact) mass is 262 g/mol. The lowest BCUT2D eigenvalue weighted by molar-refractivity contribution is 0.606. The van der Waals surface area contributed by atoms with Gasteiger partial charge in [-0.3, -0.25) is 0 Å². The van der Waals surface area contributed by atoms with Gasteiger partial charge in [0.05, 0.1) is 0 Å². The van der Waals surface area contributed by atoms with E-state index in [1.54, 1.807) is 0 Å². The van der Waals surface area contributed by atoms with Gasteiger partial charge in [0, 0.05) is 0 Å². The Balaban J connectivity index is 2.16. The molecule has 0 saturated heterocycles. The minimum absolute atomic E-state index is 0.680. The highest BCUT2D eigenvalue weighted by Crippen LogP contribution is 2.18. The average molecular weight is 262 g/mol. The van der Waals surface area contributed by atoms with Gasteiger partial charge in [-0.1, -0.05) is 38.1 Å². The maximum absolute atomic E-state index is 3.51. The maximum Gasteiger partial charge on any atom is -0.000835 e. The summed E-state index contributed by atoms with van der Waals surface area (Å²) in [6.07, 6.45) is 4.86. The summed E-state index contributed by atoms with van der Waals surface area (Å²) in [5, 5.41) is 6.69. The molecule has 1 atom stereocenters. The molecule has 19 heavy (non-hydrogen) atoms. The predicted octanol–water partition coefficient (Wildman–Crippen LogP) is 3.33. The van der Waals surface area contributed by atoms with Gasteiger partial charge in [-0.15, -0.1) is 0 Å². The Kier molecular flexibility index (Phi) is 8.52. The summed E-state index contributed by atoms with van der Waals surface area (Å²) in [6.45, 7) is 7.88. The lowest BCUT2D eigenvalue weighted by Crippen LogP contribution is -2.19. The quantitative estimate of drug-likeness (QED) is 0.632. The van der Waals surface area contributed by atoms with E-state index in [9.17, 15) is 0 Å². The summed E-state index contributed by atoms with van der Waals surface area (Å²) in [4.78, 5) is 0. The van der Waals surface area contributed by atoms with E-state index in [1.165, 1.54) is 30.4 Å². The number of nitrogens with one attached hydrogen (secondary N) is 2. The molecule has 0 fully saturated rings. The maximum atomic E-state index is 3.51. The highest BCUT2D eigenvalue weighted by molar-refractivity contribution is 5.25. The molecule has 1 aromatic rings. The first-order valence-corrected chi connectivity index (χ1v) is 7.72. The average Bonchev–Trinajstić information content (AvgIpc) is 2.46. The molecule has 0 heterocycles. The van der Waals surface area contributed by atoms with Crippen molar-refractivity contribution in [2.24, 2.45) is 0 Å². The van der Waals surface area contributed by atoms with Gasteiger partial charge in [0.25, 0.3) is 0 Å². The minimum Gasteiger partial charge on any atom is -0.320 e. The van der Waals surface area contributed by atoms with E-state index in [1.807, 2.05) is 7.05 Å². The van der Waals surface area contributed by atoms with Gasteiger partial charge >= 0.3 is 0 Å². The van der Waals surface area contributed by atoms with E-state index < -0.39 is 0 Å². The molecule has 0 aromatic heterocycles. The molecule has 0 spiro atoms. The van der Waals surface area contributed by atoms with Gasteiger partial charge in [-0.2, -0.15) is 0 Å².